The Bertz CT molecular complexity index is 880. The van der Waals surface area contributed by atoms with Gasteiger partial charge in [-0.25, -0.2) is 0 Å². The number of amides is 3. The standard InChI is InChI=1S/C19H16N2O4S/c1-21-18(23)16(26-19(21)24)11-13-7-5-6-10-15(13)25-12-17(22)20-14-8-3-2-4-9-14/h2-11H,12H2,1H3,(H,20,22)/b16-11+. The molecule has 0 saturated carbocycles. The second kappa shape index (κ2) is 7.88. The lowest BCUT2D eigenvalue weighted by Crippen LogP contribution is -2.22. The zero-order chi connectivity index (χ0) is 18.5. The van der Waals surface area contributed by atoms with Crippen LogP contribution in [-0.4, -0.2) is 35.6 Å². The first-order valence-corrected chi connectivity index (χ1v) is 8.64. The van der Waals surface area contributed by atoms with E-state index in [2.05, 4.69) is 5.32 Å². The maximum absolute atomic E-state index is 12.0. The Morgan fingerprint density at radius 2 is 1.81 bits per heavy atom. The summed E-state index contributed by atoms with van der Waals surface area (Å²) in [5.74, 6) is -0.185. The molecule has 1 N–H and O–H groups in total. The van der Waals surface area contributed by atoms with Gasteiger partial charge in [-0.05, 0) is 36.0 Å². The van der Waals surface area contributed by atoms with Crippen molar-refractivity contribution in [3.8, 4) is 5.75 Å². The zero-order valence-corrected chi connectivity index (χ0v) is 14.8. The lowest BCUT2D eigenvalue weighted by Gasteiger charge is -2.10. The average molecular weight is 368 g/mol. The molecule has 3 amide bonds. The number of imide groups is 1. The Balaban J connectivity index is 1.69. The summed E-state index contributed by atoms with van der Waals surface area (Å²) in [6, 6.07) is 16.1. The second-order valence-electron chi connectivity index (χ2n) is 5.48. The number of thioether (sulfide) groups is 1. The van der Waals surface area contributed by atoms with Crippen LogP contribution in [0.3, 0.4) is 0 Å². The monoisotopic (exact) mass is 368 g/mol. The number of carbonyl (C=O) groups is 3. The molecule has 2 aromatic carbocycles. The van der Waals surface area contributed by atoms with E-state index in [0.717, 1.165) is 16.7 Å². The van der Waals surface area contributed by atoms with Crippen LogP contribution in [-0.2, 0) is 9.59 Å². The van der Waals surface area contributed by atoms with Crippen molar-refractivity contribution in [2.75, 3.05) is 19.0 Å². The van der Waals surface area contributed by atoms with Gasteiger partial charge in [-0.2, -0.15) is 0 Å². The second-order valence-corrected chi connectivity index (χ2v) is 6.47. The fourth-order valence-electron chi connectivity index (χ4n) is 2.28. The Labute approximate surface area is 154 Å². The summed E-state index contributed by atoms with van der Waals surface area (Å²) < 4.78 is 5.59. The smallest absolute Gasteiger partial charge is 0.293 e. The van der Waals surface area contributed by atoms with E-state index in [4.69, 9.17) is 4.74 Å². The van der Waals surface area contributed by atoms with Gasteiger partial charge >= 0.3 is 0 Å². The first-order valence-electron chi connectivity index (χ1n) is 7.83. The third kappa shape index (κ3) is 4.12. The van der Waals surface area contributed by atoms with Crippen LogP contribution >= 0.6 is 11.8 Å². The number of para-hydroxylation sites is 2. The number of hydrogen-bond donors (Lipinski definition) is 1. The van der Waals surface area contributed by atoms with E-state index in [9.17, 15) is 14.4 Å². The molecule has 1 aliphatic heterocycles. The van der Waals surface area contributed by atoms with Crippen molar-refractivity contribution in [3.63, 3.8) is 0 Å². The lowest BCUT2D eigenvalue weighted by atomic mass is 10.2. The van der Waals surface area contributed by atoms with Gasteiger partial charge in [0.25, 0.3) is 17.1 Å². The summed E-state index contributed by atoms with van der Waals surface area (Å²) in [4.78, 5) is 37.0. The van der Waals surface area contributed by atoms with Crippen LogP contribution < -0.4 is 10.1 Å². The maximum Gasteiger partial charge on any atom is 0.293 e. The van der Waals surface area contributed by atoms with Crippen LogP contribution in [0.2, 0.25) is 0 Å². The van der Waals surface area contributed by atoms with Crippen LogP contribution in [0.1, 0.15) is 5.56 Å². The average Bonchev–Trinajstić information content (AvgIpc) is 2.89. The fraction of sp³-hybridized carbons (Fsp3) is 0.105. The van der Waals surface area contributed by atoms with Crippen molar-refractivity contribution in [2.24, 2.45) is 0 Å². The molecule has 0 aromatic heterocycles. The van der Waals surface area contributed by atoms with Gasteiger partial charge in [-0.3, -0.25) is 19.3 Å². The van der Waals surface area contributed by atoms with E-state index in [1.54, 1.807) is 42.5 Å². The normalized spacial score (nSPS) is 15.4. The Kier molecular flexibility index (Phi) is 5.38. The highest BCUT2D eigenvalue weighted by Gasteiger charge is 2.31. The number of benzene rings is 2. The molecule has 3 rings (SSSR count). The summed E-state index contributed by atoms with van der Waals surface area (Å²) in [5.41, 5.74) is 1.31. The number of carbonyl (C=O) groups excluding carboxylic acids is 3. The third-order valence-corrected chi connectivity index (χ3v) is 4.57. The third-order valence-electron chi connectivity index (χ3n) is 3.61. The summed E-state index contributed by atoms with van der Waals surface area (Å²) in [7, 11) is 1.44. The molecule has 132 valence electrons. The van der Waals surface area contributed by atoms with Crippen LogP contribution in [0, 0.1) is 0 Å². The topological polar surface area (TPSA) is 75.7 Å². The van der Waals surface area contributed by atoms with Gasteiger partial charge in [-0.1, -0.05) is 36.4 Å². The predicted molar refractivity (Wildman–Crippen MR) is 101 cm³/mol. The molecule has 1 saturated heterocycles. The largest absolute Gasteiger partial charge is 0.483 e. The van der Waals surface area contributed by atoms with Gasteiger partial charge in [0.05, 0.1) is 4.91 Å². The van der Waals surface area contributed by atoms with Crippen LogP contribution in [0.25, 0.3) is 6.08 Å². The highest BCUT2D eigenvalue weighted by Crippen LogP contribution is 2.32. The molecule has 7 heteroatoms. The summed E-state index contributed by atoms with van der Waals surface area (Å²) in [6.45, 7) is -0.172. The zero-order valence-electron chi connectivity index (χ0n) is 14.0. The first-order chi connectivity index (χ1) is 12.5. The number of likely N-dealkylation sites (N-methyl/N-ethyl adjacent to an activating group) is 1. The molecule has 0 spiro atoms. The van der Waals surface area contributed by atoms with Crippen LogP contribution in [0.5, 0.6) is 5.75 Å². The van der Waals surface area contributed by atoms with Gasteiger partial charge in [0, 0.05) is 18.3 Å². The number of hydrogen-bond acceptors (Lipinski definition) is 5. The van der Waals surface area contributed by atoms with Crippen molar-refractivity contribution >= 4 is 40.6 Å². The Morgan fingerprint density at radius 1 is 1.12 bits per heavy atom. The van der Waals surface area contributed by atoms with E-state index in [-0.39, 0.29) is 23.7 Å². The highest BCUT2D eigenvalue weighted by atomic mass is 32.2. The van der Waals surface area contributed by atoms with Crippen molar-refractivity contribution < 1.29 is 19.1 Å². The molecule has 0 atom stereocenters. The lowest BCUT2D eigenvalue weighted by molar-refractivity contribution is -0.121. The molecule has 2 aromatic rings. The number of nitrogens with zero attached hydrogens (tertiary/aromatic N) is 1. The minimum absolute atomic E-state index is 0.172. The summed E-state index contributed by atoms with van der Waals surface area (Å²) in [6.07, 6.45) is 1.60. The maximum atomic E-state index is 12.0. The molecule has 26 heavy (non-hydrogen) atoms. The van der Waals surface area contributed by atoms with Crippen molar-refractivity contribution in [2.45, 2.75) is 0 Å². The molecular formula is C19H16N2O4S. The summed E-state index contributed by atoms with van der Waals surface area (Å²) >= 11 is 0.875. The molecule has 1 heterocycles. The molecule has 0 radical (unpaired) electrons. The van der Waals surface area contributed by atoms with Gasteiger partial charge in [-0.15, -0.1) is 0 Å². The molecule has 0 bridgehead atoms. The van der Waals surface area contributed by atoms with Crippen LogP contribution in [0.4, 0.5) is 10.5 Å². The molecule has 0 unspecified atom stereocenters. The molecule has 0 aliphatic carbocycles. The minimum Gasteiger partial charge on any atom is -0.483 e. The van der Waals surface area contributed by atoms with Crippen molar-refractivity contribution in [1.82, 2.24) is 4.90 Å². The fourth-order valence-corrected chi connectivity index (χ4v) is 3.10. The van der Waals surface area contributed by atoms with Gasteiger partial charge in [0.15, 0.2) is 6.61 Å². The molecule has 1 fully saturated rings. The quantitative estimate of drug-likeness (QED) is 0.819. The van der Waals surface area contributed by atoms with Crippen LogP contribution in [0.15, 0.2) is 59.5 Å². The number of anilines is 1. The van der Waals surface area contributed by atoms with Gasteiger partial charge in [0.2, 0.25) is 0 Å². The first kappa shape index (κ1) is 17.8. The van der Waals surface area contributed by atoms with E-state index < -0.39 is 0 Å². The number of rotatable bonds is 5. The SMILES string of the molecule is CN1C(=O)S/C(=C/c2ccccc2OCC(=O)Nc2ccccc2)C1=O. The van der Waals surface area contributed by atoms with Crippen molar-refractivity contribution in [3.05, 3.63) is 65.1 Å². The minimum atomic E-state index is -0.350. The Morgan fingerprint density at radius 3 is 2.50 bits per heavy atom. The van der Waals surface area contributed by atoms with Gasteiger partial charge in [0.1, 0.15) is 5.75 Å². The predicted octanol–water partition coefficient (Wildman–Crippen LogP) is 3.37. The molecule has 6 nitrogen and oxygen atoms in total. The van der Waals surface area contributed by atoms with Gasteiger partial charge < -0.3 is 10.1 Å². The van der Waals surface area contributed by atoms with Crippen molar-refractivity contribution in [1.29, 1.82) is 0 Å². The summed E-state index contributed by atoms with van der Waals surface area (Å²) in [5, 5.41) is 2.42. The Hall–Kier alpha value is -3.06. The van der Waals surface area contributed by atoms with E-state index >= 15 is 0 Å². The van der Waals surface area contributed by atoms with E-state index in [1.165, 1.54) is 7.05 Å². The van der Waals surface area contributed by atoms with E-state index in [1.807, 2.05) is 18.2 Å². The molecular weight excluding hydrogens is 352 g/mol. The number of nitrogens with one attached hydrogen (secondary N) is 1. The highest BCUT2D eigenvalue weighted by molar-refractivity contribution is 8.18. The van der Waals surface area contributed by atoms with E-state index in [0.29, 0.717) is 21.9 Å². The molecule has 1 aliphatic rings. The number of ether oxygens (including phenoxy) is 1.